The van der Waals surface area contributed by atoms with Crippen molar-refractivity contribution in [2.45, 2.75) is 13.1 Å². The number of halogens is 4. The summed E-state index contributed by atoms with van der Waals surface area (Å²) >= 11 is 0. The topological polar surface area (TPSA) is 62.2 Å². The van der Waals surface area contributed by atoms with Crippen LogP contribution >= 0.6 is 0 Å². The van der Waals surface area contributed by atoms with E-state index in [1.54, 1.807) is 6.92 Å². The minimum Gasteiger partial charge on any atom is -0.504 e. The summed E-state index contributed by atoms with van der Waals surface area (Å²) in [6.45, 7) is 1.58. The van der Waals surface area contributed by atoms with Crippen molar-refractivity contribution in [3.63, 3.8) is 0 Å². The van der Waals surface area contributed by atoms with E-state index >= 15 is 0 Å². The molecule has 2 rings (SSSR count). The molecule has 4 nitrogen and oxygen atoms in total. The number of nitrogens with zero attached hydrogens (tertiary/aromatic N) is 1. The van der Waals surface area contributed by atoms with Crippen LogP contribution in [0.1, 0.15) is 21.6 Å². The van der Waals surface area contributed by atoms with Gasteiger partial charge in [-0.25, -0.2) is 9.37 Å². The van der Waals surface area contributed by atoms with Gasteiger partial charge in [-0.1, -0.05) is 0 Å². The van der Waals surface area contributed by atoms with Crippen LogP contribution in [0, 0.1) is 12.7 Å². The Hall–Kier alpha value is -2.64. The molecule has 1 amide bonds. The van der Waals surface area contributed by atoms with Gasteiger partial charge in [0, 0.05) is 5.69 Å². The molecule has 1 aromatic heterocycles. The quantitative estimate of drug-likeness (QED) is 0.834. The third-order valence-electron chi connectivity index (χ3n) is 2.78. The van der Waals surface area contributed by atoms with Gasteiger partial charge in [0.2, 0.25) is 0 Å². The Morgan fingerprint density at radius 2 is 1.91 bits per heavy atom. The molecule has 0 fully saturated rings. The molecule has 1 aromatic carbocycles. The van der Waals surface area contributed by atoms with E-state index in [-0.39, 0.29) is 11.9 Å². The lowest BCUT2D eigenvalue weighted by atomic mass is 10.1. The van der Waals surface area contributed by atoms with Gasteiger partial charge < -0.3 is 10.4 Å². The fourth-order valence-electron chi connectivity index (χ4n) is 1.77. The van der Waals surface area contributed by atoms with Gasteiger partial charge in [0.25, 0.3) is 5.91 Å². The van der Waals surface area contributed by atoms with Crippen molar-refractivity contribution >= 4 is 11.7 Å². The minimum atomic E-state index is -4.89. The van der Waals surface area contributed by atoms with Gasteiger partial charge in [-0.3, -0.25) is 4.79 Å². The maximum Gasteiger partial charge on any atom is 0.417 e. The third kappa shape index (κ3) is 3.33. The first-order valence-electron chi connectivity index (χ1n) is 6.03. The Morgan fingerprint density at radius 1 is 1.23 bits per heavy atom. The molecule has 0 unspecified atom stereocenters. The number of anilines is 1. The van der Waals surface area contributed by atoms with E-state index in [0.29, 0.717) is 5.69 Å². The summed E-state index contributed by atoms with van der Waals surface area (Å²) in [6, 6.07) is 4.41. The molecule has 0 aliphatic carbocycles. The summed E-state index contributed by atoms with van der Waals surface area (Å²) in [5.41, 5.74) is -1.73. The van der Waals surface area contributed by atoms with Crippen molar-refractivity contribution in [1.82, 2.24) is 4.98 Å². The van der Waals surface area contributed by atoms with Crippen LogP contribution in [0.25, 0.3) is 0 Å². The van der Waals surface area contributed by atoms with Crippen LogP contribution in [0.5, 0.6) is 5.75 Å². The van der Waals surface area contributed by atoms with Crippen LogP contribution in [0.3, 0.4) is 0 Å². The molecule has 2 aromatic rings. The van der Waals surface area contributed by atoms with E-state index in [2.05, 4.69) is 10.3 Å². The van der Waals surface area contributed by atoms with Crippen LogP contribution in [0.4, 0.5) is 23.4 Å². The molecule has 0 bridgehead atoms. The van der Waals surface area contributed by atoms with Crippen molar-refractivity contribution in [3.05, 3.63) is 53.0 Å². The largest absolute Gasteiger partial charge is 0.504 e. The molecule has 22 heavy (non-hydrogen) atoms. The predicted molar refractivity (Wildman–Crippen MR) is 70.0 cm³/mol. The number of carbonyl (C=O) groups excluding carboxylic acids is 1. The number of rotatable bonds is 2. The molecular formula is C14H10F4N2O2. The van der Waals surface area contributed by atoms with Gasteiger partial charge in [0.15, 0.2) is 11.6 Å². The zero-order chi connectivity index (χ0) is 16.5. The fraction of sp³-hybridized carbons (Fsp3) is 0.143. The summed E-state index contributed by atoms with van der Waals surface area (Å²) < 4.78 is 51.6. The first-order chi connectivity index (χ1) is 10.2. The van der Waals surface area contributed by atoms with E-state index in [1.807, 2.05) is 0 Å². The normalized spacial score (nSPS) is 11.3. The molecule has 0 atom stereocenters. The van der Waals surface area contributed by atoms with Crippen LogP contribution in [-0.4, -0.2) is 16.0 Å². The highest BCUT2D eigenvalue weighted by atomic mass is 19.4. The predicted octanol–water partition coefficient (Wildman–Crippen LogP) is 3.51. The number of hydrogen-bond donors (Lipinski definition) is 2. The number of benzene rings is 1. The number of pyridine rings is 1. The van der Waals surface area contributed by atoms with E-state index in [9.17, 15) is 27.5 Å². The van der Waals surface area contributed by atoms with Crippen LogP contribution < -0.4 is 5.32 Å². The molecule has 0 spiro atoms. The Kier molecular flexibility index (Phi) is 4.03. The fourth-order valence-corrected chi connectivity index (χ4v) is 1.77. The van der Waals surface area contributed by atoms with Crippen LogP contribution in [-0.2, 0) is 6.18 Å². The molecule has 0 saturated carbocycles. The van der Waals surface area contributed by atoms with E-state index in [1.165, 1.54) is 12.1 Å². The molecule has 116 valence electrons. The summed E-state index contributed by atoms with van der Waals surface area (Å²) in [5.74, 6) is -2.93. The zero-order valence-electron chi connectivity index (χ0n) is 11.2. The third-order valence-corrected chi connectivity index (χ3v) is 2.78. The summed E-state index contributed by atoms with van der Waals surface area (Å²) in [4.78, 5) is 15.8. The highest BCUT2D eigenvalue weighted by Crippen LogP contribution is 2.33. The molecule has 8 heteroatoms. The number of hydrogen-bond acceptors (Lipinski definition) is 3. The molecule has 1 heterocycles. The number of aromatic nitrogens is 1. The van der Waals surface area contributed by atoms with Gasteiger partial charge in [0.1, 0.15) is 5.82 Å². The number of nitrogens with one attached hydrogen (secondary N) is 1. The lowest BCUT2D eigenvalue weighted by Crippen LogP contribution is -2.19. The summed E-state index contributed by atoms with van der Waals surface area (Å²) in [5, 5.41) is 11.6. The Labute approximate surface area is 122 Å². The van der Waals surface area contributed by atoms with Gasteiger partial charge in [0.05, 0.1) is 11.1 Å². The molecule has 0 aliphatic rings. The highest BCUT2D eigenvalue weighted by Gasteiger charge is 2.35. The van der Waals surface area contributed by atoms with Crippen molar-refractivity contribution < 1.29 is 27.5 Å². The summed E-state index contributed by atoms with van der Waals surface area (Å²) in [6.07, 6.45) is -4.89. The second-order valence-electron chi connectivity index (χ2n) is 4.46. The average molecular weight is 314 g/mol. The van der Waals surface area contributed by atoms with Crippen molar-refractivity contribution in [3.8, 4) is 5.75 Å². The second kappa shape index (κ2) is 5.63. The Balaban J connectivity index is 2.40. The standard InChI is InChI=1S/C14H10F4N2O2/c1-7-2-5-11(21)12(19-7)20-13(22)9-4-3-8(15)6-10(9)14(16,17)18/h2-6,21H,1H3,(H,19,20,22). The second-order valence-corrected chi connectivity index (χ2v) is 4.46. The SMILES string of the molecule is Cc1ccc(O)c(NC(=O)c2ccc(F)cc2C(F)(F)F)n1. The number of aryl methyl sites for hydroxylation is 1. The van der Waals surface area contributed by atoms with Gasteiger partial charge >= 0.3 is 6.18 Å². The van der Waals surface area contributed by atoms with Crippen molar-refractivity contribution in [2.24, 2.45) is 0 Å². The van der Waals surface area contributed by atoms with Gasteiger partial charge in [-0.15, -0.1) is 0 Å². The lowest BCUT2D eigenvalue weighted by Gasteiger charge is -2.13. The van der Waals surface area contributed by atoms with Crippen LogP contribution in [0.15, 0.2) is 30.3 Å². The maximum absolute atomic E-state index is 13.0. The number of aromatic hydroxyl groups is 1. The number of alkyl halides is 3. The Morgan fingerprint density at radius 3 is 2.55 bits per heavy atom. The number of carbonyl (C=O) groups is 1. The van der Waals surface area contributed by atoms with E-state index in [4.69, 9.17) is 0 Å². The molecule has 0 radical (unpaired) electrons. The summed E-state index contributed by atoms with van der Waals surface area (Å²) in [7, 11) is 0. The van der Waals surface area contributed by atoms with Crippen molar-refractivity contribution in [1.29, 1.82) is 0 Å². The minimum absolute atomic E-state index is 0.235. The molecule has 2 N–H and O–H groups in total. The molecular weight excluding hydrogens is 304 g/mol. The first-order valence-corrected chi connectivity index (χ1v) is 6.03. The Bertz CT molecular complexity index is 729. The molecule has 0 saturated heterocycles. The smallest absolute Gasteiger partial charge is 0.417 e. The zero-order valence-corrected chi connectivity index (χ0v) is 11.2. The highest BCUT2D eigenvalue weighted by molar-refractivity contribution is 6.05. The number of amides is 1. The van der Waals surface area contributed by atoms with Crippen LogP contribution in [0.2, 0.25) is 0 Å². The van der Waals surface area contributed by atoms with E-state index in [0.717, 1.165) is 12.1 Å². The first kappa shape index (κ1) is 15.7. The van der Waals surface area contributed by atoms with E-state index < -0.39 is 34.8 Å². The van der Waals surface area contributed by atoms with Gasteiger partial charge in [-0.2, -0.15) is 13.2 Å². The van der Waals surface area contributed by atoms with Crippen molar-refractivity contribution in [2.75, 3.05) is 5.32 Å². The van der Waals surface area contributed by atoms with Gasteiger partial charge in [-0.05, 0) is 37.3 Å². The monoisotopic (exact) mass is 314 g/mol. The molecule has 0 aliphatic heterocycles. The average Bonchev–Trinajstić information content (AvgIpc) is 2.41. The lowest BCUT2D eigenvalue weighted by molar-refractivity contribution is -0.138. The maximum atomic E-state index is 13.0.